The summed E-state index contributed by atoms with van der Waals surface area (Å²) in [5.74, 6) is -0.458. The molecule has 0 amide bonds. The Morgan fingerprint density at radius 2 is 1.82 bits per heavy atom. The van der Waals surface area contributed by atoms with Crippen molar-refractivity contribution in [2.24, 2.45) is 0 Å². The van der Waals surface area contributed by atoms with E-state index in [9.17, 15) is 0 Å². The Morgan fingerprint density at radius 1 is 1.24 bits per heavy atom. The second-order valence-electron chi connectivity index (χ2n) is 6.39. The minimum atomic E-state index is -0.983. The van der Waals surface area contributed by atoms with Crippen LogP contribution in [-0.2, 0) is 14.2 Å². The van der Waals surface area contributed by atoms with Crippen LogP contribution in [0.25, 0.3) is 0 Å². The summed E-state index contributed by atoms with van der Waals surface area (Å²) in [6.07, 6.45) is 6.82. The van der Waals surface area contributed by atoms with Crippen molar-refractivity contribution >= 4 is 21.0 Å². The maximum Gasteiger partial charge on any atom is 0.163 e. The van der Waals surface area contributed by atoms with Crippen LogP contribution in [0.2, 0.25) is 0 Å². The fraction of sp³-hybridized carbons (Fsp3) is 0.917. The van der Waals surface area contributed by atoms with Gasteiger partial charge in [0.2, 0.25) is 0 Å². The van der Waals surface area contributed by atoms with Crippen molar-refractivity contribution in [3.63, 3.8) is 0 Å². The highest BCUT2D eigenvalue weighted by molar-refractivity contribution is 7.72. The standard InChI is InChI=1S/C12H24BO3P/c1-12(2)15-9-8(6-7-17(3,4)5)14-11(13)10(9)16-12/h8-11H,3,6-7,13H2,1-2,4-5H3. The summed E-state index contributed by atoms with van der Waals surface area (Å²) >= 11 is 0. The highest BCUT2D eigenvalue weighted by Gasteiger charge is 2.52. The topological polar surface area (TPSA) is 27.7 Å². The largest absolute Gasteiger partial charge is 0.378 e. The summed E-state index contributed by atoms with van der Waals surface area (Å²) in [6.45, 7) is 7.50. The highest BCUT2D eigenvalue weighted by Crippen LogP contribution is 2.42. The van der Waals surface area contributed by atoms with Crippen LogP contribution in [0.15, 0.2) is 0 Å². The van der Waals surface area contributed by atoms with Gasteiger partial charge in [0, 0.05) is 0 Å². The van der Waals surface area contributed by atoms with E-state index >= 15 is 0 Å². The van der Waals surface area contributed by atoms with Crippen LogP contribution in [0.4, 0.5) is 0 Å². The SMILES string of the molecule is BC1OC(CCP(=C)(C)C)C2OC(C)(C)OC12. The van der Waals surface area contributed by atoms with E-state index in [1.54, 1.807) is 0 Å². The van der Waals surface area contributed by atoms with E-state index in [1.807, 2.05) is 13.8 Å². The van der Waals surface area contributed by atoms with Gasteiger partial charge in [0.05, 0.1) is 12.1 Å². The summed E-state index contributed by atoms with van der Waals surface area (Å²) < 4.78 is 17.8. The third-order valence-corrected chi connectivity index (χ3v) is 4.87. The zero-order valence-corrected chi connectivity index (χ0v) is 12.5. The van der Waals surface area contributed by atoms with E-state index in [2.05, 4.69) is 27.5 Å². The van der Waals surface area contributed by atoms with Gasteiger partial charge < -0.3 is 14.2 Å². The van der Waals surface area contributed by atoms with Gasteiger partial charge in [-0.05, 0) is 39.8 Å². The molecular weight excluding hydrogens is 234 g/mol. The first kappa shape index (κ1) is 13.7. The molecule has 2 rings (SSSR count). The molecular formula is C12H24BO3P. The Bertz CT molecular complexity index is 339. The van der Waals surface area contributed by atoms with Crippen LogP contribution in [-0.4, -0.2) is 63.7 Å². The Labute approximate surface area is 106 Å². The predicted octanol–water partition coefficient (Wildman–Crippen LogP) is 0.964. The number of fused-ring (bicyclic) bond motifs is 1. The van der Waals surface area contributed by atoms with Crippen molar-refractivity contribution in [3.05, 3.63) is 0 Å². The summed E-state index contributed by atoms with van der Waals surface area (Å²) in [7, 11) is 2.08. The molecule has 2 fully saturated rings. The maximum atomic E-state index is 5.97. The normalized spacial score (nSPS) is 40.5. The van der Waals surface area contributed by atoms with Gasteiger partial charge >= 0.3 is 0 Å². The number of ether oxygens (including phenoxy) is 3. The fourth-order valence-electron chi connectivity index (χ4n) is 2.61. The predicted molar refractivity (Wildman–Crippen MR) is 76.4 cm³/mol. The molecule has 98 valence electrons. The van der Waals surface area contributed by atoms with E-state index in [1.165, 1.54) is 0 Å². The first-order chi connectivity index (χ1) is 7.68. The van der Waals surface area contributed by atoms with Crippen molar-refractivity contribution in [1.29, 1.82) is 0 Å². The molecule has 2 saturated heterocycles. The molecule has 0 aromatic rings. The van der Waals surface area contributed by atoms with E-state index < -0.39 is 12.7 Å². The Kier molecular flexibility index (Phi) is 3.55. The fourth-order valence-corrected chi connectivity index (χ4v) is 3.56. The first-order valence-corrected chi connectivity index (χ1v) is 9.42. The molecule has 3 nitrogen and oxygen atoms in total. The molecule has 0 N–H and O–H groups in total. The number of rotatable bonds is 3. The van der Waals surface area contributed by atoms with Crippen molar-refractivity contribution in [3.8, 4) is 0 Å². The average molecular weight is 258 g/mol. The van der Waals surface area contributed by atoms with Crippen LogP contribution < -0.4 is 0 Å². The third-order valence-electron chi connectivity index (χ3n) is 3.40. The molecule has 5 heteroatoms. The lowest BCUT2D eigenvalue weighted by molar-refractivity contribution is -0.179. The second-order valence-corrected chi connectivity index (χ2v) is 10.7. The third kappa shape index (κ3) is 3.17. The van der Waals surface area contributed by atoms with Gasteiger partial charge in [-0.1, -0.05) is 0 Å². The molecule has 4 atom stereocenters. The van der Waals surface area contributed by atoms with E-state index in [0.717, 1.165) is 12.6 Å². The molecule has 4 unspecified atom stereocenters. The molecule has 2 heterocycles. The van der Waals surface area contributed by atoms with Gasteiger partial charge in [0.15, 0.2) is 5.79 Å². The number of hydrogen-bond acceptors (Lipinski definition) is 3. The van der Waals surface area contributed by atoms with Crippen LogP contribution in [0.3, 0.4) is 0 Å². The van der Waals surface area contributed by atoms with Gasteiger partial charge in [0.1, 0.15) is 20.1 Å². The molecule has 0 saturated carbocycles. The average Bonchev–Trinajstić information content (AvgIpc) is 2.58. The van der Waals surface area contributed by atoms with Gasteiger partial charge in [-0.15, -0.1) is 13.2 Å². The van der Waals surface area contributed by atoms with E-state index in [-0.39, 0.29) is 24.3 Å². The molecule has 2 aliphatic heterocycles. The van der Waals surface area contributed by atoms with Gasteiger partial charge in [-0.25, -0.2) is 0 Å². The Morgan fingerprint density at radius 3 is 2.41 bits per heavy atom. The lowest BCUT2D eigenvalue weighted by Crippen LogP contribution is -2.30. The molecule has 0 aliphatic carbocycles. The van der Waals surface area contributed by atoms with Gasteiger partial charge in [-0.3, -0.25) is 0 Å². The Balaban J connectivity index is 1.99. The van der Waals surface area contributed by atoms with Crippen LogP contribution in [0, 0.1) is 0 Å². The molecule has 0 aromatic heterocycles. The highest BCUT2D eigenvalue weighted by atomic mass is 31.2. The molecule has 17 heavy (non-hydrogen) atoms. The molecule has 0 aromatic carbocycles. The zero-order chi connectivity index (χ0) is 12.8. The summed E-state index contributed by atoms with van der Waals surface area (Å²) in [6, 6.07) is 0.137. The maximum absolute atomic E-state index is 5.97. The van der Waals surface area contributed by atoms with Gasteiger partial charge in [-0.2, -0.15) is 0 Å². The first-order valence-electron chi connectivity index (χ1n) is 6.36. The lowest BCUT2D eigenvalue weighted by Gasteiger charge is -2.24. The van der Waals surface area contributed by atoms with Crippen LogP contribution in [0.5, 0.6) is 0 Å². The summed E-state index contributed by atoms with van der Waals surface area (Å²) in [5.41, 5.74) is 0. The van der Waals surface area contributed by atoms with E-state index in [4.69, 9.17) is 14.2 Å². The second kappa shape index (κ2) is 4.41. The smallest absolute Gasteiger partial charge is 0.163 e. The van der Waals surface area contributed by atoms with Crippen molar-refractivity contribution in [2.75, 3.05) is 19.5 Å². The minimum Gasteiger partial charge on any atom is -0.378 e. The van der Waals surface area contributed by atoms with Crippen molar-refractivity contribution in [2.45, 2.75) is 50.4 Å². The molecule has 0 bridgehead atoms. The summed E-state index contributed by atoms with van der Waals surface area (Å²) in [5, 5.41) is 0. The van der Waals surface area contributed by atoms with Crippen LogP contribution >= 0.6 is 6.89 Å². The van der Waals surface area contributed by atoms with Crippen molar-refractivity contribution < 1.29 is 14.2 Å². The number of hydrogen-bond donors (Lipinski definition) is 0. The molecule has 0 radical (unpaired) electrons. The van der Waals surface area contributed by atoms with Crippen LogP contribution in [0.1, 0.15) is 20.3 Å². The quantitative estimate of drug-likeness (QED) is 0.557. The lowest BCUT2D eigenvalue weighted by atomic mass is 9.93. The van der Waals surface area contributed by atoms with Gasteiger partial charge in [0.25, 0.3) is 0 Å². The van der Waals surface area contributed by atoms with E-state index in [0.29, 0.717) is 0 Å². The monoisotopic (exact) mass is 258 g/mol. The molecule has 2 aliphatic rings. The zero-order valence-electron chi connectivity index (χ0n) is 11.6. The molecule has 0 spiro atoms. The van der Waals surface area contributed by atoms with Crippen molar-refractivity contribution in [1.82, 2.24) is 0 Å². The summed E-state index contributed by atoms with van der Waals surface area (Å²) in [4.78, 5) is 0. The Hall–Kier alpha value is 0.245. The minimum absolute atomic E-state index is 0.0984.